The smallest absolute Gasteiger partial charge is 0.325 e. The summed E-state index contributed by atoms with van der Waals surface area (Å²) in [6, 6.07) is 4.49. The molecule has 1 saturated heterocycles. The third-order valence-electron chi connectivity index (χ3n) is 4.84. The summed E-state index contributed by atoms with van der Waals surface area (Å²) in [4.78, 5) is 49.3. The van der Waals surface area contributed by atoms with Crippen LogP contribution in [-0.4, -0.2) is 41.9 Å². The number of carbonyl (C=O) groups is 4. The van der Waals surface area contributed by atoms with E-state index < -0.39 is 36.0 Å². The minimum atomic E-state index is -1.22. The predicted octanol–water partition coefficient (Wildman–Crippen LogP) is 0.788. The summed E-state index contributed by atoms with van der Waals surface area (Å²) < 4.78 is 0. The molecule has 1 fully saturated rings. The van der Waals surface area contributed by atoms with Gasteiger partial charge in [0, 0.05) is 6.54 Å². The van der Waals surface area contributed by atoms with Crippen molar-refractivity contribution >= 4 is 23.9 Å². The van der Waals surface area contributed by atoms with Crippen LogP contribution in [0, 0.1) is 0 Å². The van der Waals surface area contributed by atoms with Gasteiger partial charge in [0.05, 0.1) is 0 Å². The van der Waals surface area contributed by atoms with E-state index in [1.807, 2.05) is 18.2 Å². The summed E-state index contributed by atoms with van der Waals surface area (Å²) >= 11 is 0. The van der Waals surface area contributed by atoms with Crippen LogP contribution in [0.3, 0.4) is 0 Å². The lowest BCUT2D eigenvalue weighted by molar-refractivity contribution is -0.134. The minimum Gasteiger partial charge on any atom is -0.338 e. The number of carbonyl (C=O) groups excluding carboxylic acids is 4. The van der Waals surface area contributed by atoms with Crippen molar-refractivity contribution in [3.8, 4) is 0 Å². The number of amides is 6. The highest BCUT2D eigenvalue weighted by molar-refractivity contribution is 6.10. The Morgan fingerprint density at radius 3 is 2.69 bits per heavy atom. The Labute approximate surface area is 151 Å². The van der Waals surface area contributed by atoms with Crippen molar-refractivity contribution in [1.29, 1.82) is 0 Å². The van der Waals surface area contributed by atoms with Gasteiger partial charge in [-0.05, 0) is 49.8 Å². The molecule has 1 aliphatic heterocycles. The van der Waals surface area contributed by atoms with Crippen molar-refractivity contribution in [2.45, 2.75) is 38.6 Å². The third kappa shape index (κ3) is 3.14. The van der Waals surface area contributed by atoms with E-state index in [-0.39, 0.29) is 0 Å². The van der Waals surface area contributed by atoms with Crippen LogP contribution in [0.2, 0.25) is 0 Å². The second-order valence-electron chi connectivity index (χ2n) is 6.69. The van der Waals surface area contributed by atoms with Crippen molar-refractivity contribution in [2.75, 3.05) is 13.1 Å². The molecule has 0 saturated carbocycles. The molecule has 6 amide bonds. The Kier molecular flexibility index (Phi) is 4.67. The summed E-state index contributed by atoms with van der Waals surface area (Å²) in [6.07, 6.45) is 3.07. The average molecular weight is 358 g/mol. The van der Waals surface area contributed by atoms with Gasteiger partial charge in [-0.2, -0.15) is 0 Å². The number of benzene rings is 1. The number of hydrogen-bond donors (Lipinski definition) is 3. The van der Waals surface area contributed by atoms with Crippen LogP contribution >= 0.6 is 0 Å². The molecule has 138 valence electrons. The van der Waals surface area contributed by atoms with Gasteiger partial charge < -0.3 is 10.6 Å². The maximum absolute atomic E-state index is 12.8. The van der Waals surface area contributed by atoms with Crippen LogP contribution in [-0.2, 0) is 28.0 Å². The molecule has 3 N–H and O–H groups in total. The van der Waals surface area contributed by atoms with Gasteiger partial charge in [-0.15, -0.1) is 0 Å². The summed E-state index contributed by atoms with van der Waals surface area (Å²) in [7, 11) is 0. The lowest BCUT2D eigenvalue weighted by Gasteiger charge is -2.23. The number of aryl methyl sites for hydroxylation is 2. The molecule has 2 aliphatic rings. The molecule has 1 heterocycles. The lowest BCUT2D eigenvalue weighted by Crippen LogP contribution is -2.46. The quantitative estimate of drug-likeness (QED) is 0.692. The van der Waals surface area contributed by atoms with Gasteiger partial charge in [0.15, 0.2) is 0 Å². The topological polar surface area (TPSA) is 108 Å². The molecule has 0 radical (unpaired) electrons. The molecular formula is C18H22N4O4. The molecule has 0 aromatic heterocycles. The van der Waals surface area contributed by atoms with Crippen LogP contribution in [0.25, 0.3) is 0 Å². The number of fused-ring (bicyclic) bond motifs is 1. The van der Waals surface area contributed by atoms with E-state index >= 15 is 0 Å². The number of rotatable bonds is 4. The number of hydrogen-bond acceptors (Lipinski definition) is 4. The highest BCUT2D eigenvalue weighted by Crippen LogP contribution is 2.32. The van der Waals surface area contributed by atoms with Crippen LogP contribution in [0.5, 0.6) is 0 Å². The minimum absolute atomic E-state index is 0.360. The van der Waals surface area contributed by atoms with Crippen molar-refractivity contribution in [3.05, 3.63) is 34.9 Å². The standard InChI is InChI=1S/C18H22N4O4/c1-3-19-16(25)20-14(23)10-22-15(24)18(2,21-17(22)26)13-8-7-11-5-4-6-12(11)9-13/h7-9H,3-6,10H2,1-2H3,(H,21,26)(H2,19,20,23,25)/t18-/m0/s1. The zero-order valence-electron chi connectivity index (χ0n) is 14.8. The monoisotopic (exact) mass is 358 g/mol. The first-order valence-corrected chi connectivity index (χ1v) is 8.69. The summed E-state index contributed by atoms with van der Waals surface area (Å²) in [5.74, 6) is -1.23. The Bertz CT molecular complexity index is 791. The fourth-order valence-corrected chi connectivity index (χ4v) is 3.43. The normalized spacial score (nSPS) is 21.4. The molecule has 0 spiro atoms. The molecule has 26 heavy (non-hydrogen) atoms. The van der Waals surface area contributed by atoms with Gasteiger partial charge in [-0.3, -0.25) is 19.8 Å². The Balaban J connectivity index is 1.75. The predicted molar refractivity (Wildman–Crippen MR) is 93.3 cm³/mol. The maximum Gasteiger partial charge on any atom is 0.325 e. The summed E-state index contributed by atoms with van der Waals surface area (Å²) in [6.45, 7) is 3.19. The molecule has 0 bridgehead atoms. The lowest BCUT2D eigenvalue weighted by atomic mass is 9.89. The van der Waals surface area contributed by atoms with Gasteiger partial charge >= 0.3 is 12.1 Å². The molecular weight excluding hydrogens is 336 g/mol. The first-order valence-electron chi connectivity index (χ1n) is 8.69. The van der Waals surface area contributed by atoms with E-state index in [2.05, 4.69) is 16.0 Å². The van der Waals surface area contributed by atoms with Gasteiger partial charge in [-0.1, -0.05) is 18.2 Å². The second-order valence-corrected chi connectivity index (χ2v) is 6.69. The molecule has 3 rings (SSSR count). The van der Waals surface area contributed by atoms with E-state index in [0.717, 1.165) is 24.2 Å². The van der Waals surface area contributed by atoms with Crippen LogP contribution < -0.4 is 16.0 Å². The number of nitrogens with one attached hydrogen (secondary N) is 3. The fraction of sp³-hybridized carbons (Fsp3) is 0.444. The van der Waals surface area contributed by atoms with E-state index in [4.69, 9.17) is 0 Å². The molecule has 8 heteroatoms. The molecule has 8 nitrogen and oxygen atoms in total. The number of imide groups is 2. The third-order valence-corrected chi connectivity index (χ3v) is 4.84. The average Bonchev–Trinajstić information content (AvgIpc) is 3.13. The first kappa shape index (κ1) is 17.9. The van der Waals surface area contributed by atoms with Crippen molar-refractivity contribution in [1.82, 2.24) is 20.9 Å². The van der Waals surface area contributed by atoms with Crippen molar-refractivity contribution in [2.24, 2.45) is 0 Å². The van der Waals surface area contributed by atoms with Crippen LogP contribution in [0.15, 0.2) is 18.2 Å². The zero-order chi connectivity index (χ0) is 18.9. The van der Waals surface area contributed by atoms with E-state index in [1.165, 1.54) is 11.1 Å². The Morgan fingerprint density at radius 1 is 1.23 bits per heavy atom. The molecule has 1 aliphatic carbocycles. The summed E-state index contributed by atoms with van der Waals surface area (Å²) in [5, 5.41) is 7.18. The van der Waals surface area contributed by atoms with Crippen molar-refractivity contribution < 1.29 is 19.2 Å². The Morgan fingerprint density at radius 2 is 1.96 bits per heavy atom. The Hall–Kier alpha value is -2.90. The van der Waals surface area contributed by atoms with E-state index in [0.29, 0.717) is 12.1 Å². The highest BCUT2D eigenvalue weighted by atomic mass is 16.2. The first-order chi connectivity index (χ1) is 12.3. The fourth-order valence-electron chi connectivity index (χ4n) is 3.43. The molecule has 1 atom stereocenters. The van der Waals surface area contributed by atoms with Crippen LogP contribution in [0.4, 0.5) is 9.59 Å². The van der Waals surface area contributed by atoms with E-state index in [1.54, 1.807) is 13.8 Å². The SMILES string of the molecule is CCNC(=O)NC(=O)CN1C(=O)N[C@@](C)(c2ccc3c(c2)CCC3)C1=O. The molecule has 1 aromatic carbocycles. The van der Waals surface area contributed by atoms with E-state index in [9.17, 15) is 19.2 Å². The maximum atomic E-state index is 12.8. The van der Waals surface area contributed by atoms with Gasteiger partial charge in [0.1, 0.15) is 12.1 Å². The molecule has 1 aromatic rings. The second kappa shape index (κ2) is 6.78. The van der Waals surface area contributed by atoms with Gasteiger partial charge in [0.2, 0.25) is 5.91 Å². The largest absolute Gasteiger partial charge is 0.338 e. The number of nitrogens with zero attached hydrogens (tertiary/aromatic N) is 1. The molecule has 0 unspecified atom stereocenters. The highest BCUT2D eigenvalue weighted by Gasteiger charge is 2.49. The summed E-state index contributed by atoms with van der Waals surface area (Å²) in [5.41, 5.74) is 1.94. The van der Waals surface area contributed by atoms with Gasteiger partial charge in [-0.25, -0.2) is 9.59 Å². The van der Waals surface area contributed by atoms with Crippen molar-refractivity contribution in [3.63, 3.8) is 0 Å². The zero-order valence-corrected chi connectivity index (χ0v) is 14.8. The number of urea groups is 2. The van der Waals surface area contributed by atoms with Crippen LogP contribution in [0.1, 0.15) is 37.0 Å². The van der Waals surface area contributed by atoms with Gasteiger partial charge in [0.25, 0.3) is 5.91 Å².